The lowest BCUT2D eigenvalue weighted by atomic mass is 10.0. The summed E-state index contributed by atoms with van der Waals surface area (Å²) in [5.74, 6) is 0. The Morgan fingerprint density at radius 1 is 1.00 bits per heavy atom. The van der Waals surface area contributed by atoms with Crippen molar-refractivity contribution in [1.29, 1.82) is 0 Å². The van der Waals surface area contributed by atoms with Crippen LogP contribution >= 0.6 is 0 Å². The van der Waals surface area contributed by atoms with Crippen LogP contribution in [0, 0.1) is 17.0 Å². The number of halogens is 3. The van der Waals surface area contributed by atoms with Crippen molar-refractivity contribution in [1.82, 2.24) is 0 Å². The summed E-state index contributed by atoms with van der Waals surface area (Å²) in [5.41, 5.74) is 0.716. The van der Waals surface area contributed by atoms with Crippen molar-refractivity contribution in [2.75, 3.05) is 0 Å². The standard InChI is InChI=1S/C14H10F3NO2/c1-9-2-3-11(8-13(9)18(19)20)10-4-6-12(7-5-10)14(15,16)17/h2-8H,1H3. The topological polar surface area (TPSA) is 43.1 Å². The van der Waals surface area contributed by atoms with E-state index in [-0.39, 0.29) is 5.69 Å². The number of aryl methyl sites for hydroxylation is 1. The van der Waals surface area contributed by atoms with E-state index in [4.69, 9.17) is 0 Å². The molecule has 0 atom stereocenters. The van der Waals surface area contributed by atoms with Crippen molar-refractivity contribution in [3.8, 4) is 11.1 Å². The highest BCUT2D eigenvalue weighted by atomic mass is 19.4. The number of hydrogen-bond acceptors (Lipinski definition) is 2. The molecule has 0 N–H and O–H groups in total. The summed E-state index contributed by atoms with van der Waals surface area (Å²) in [7, 11) is 0. The Balaban J connectivity index is 2.42. The van der Waals surface area contributed by atoms with Gasteiger partial charge in [0.05, 0.1) is 10.5 Å². The predicted molar refractivity (Wildman–Crippen MR) is 68.3 cm³/mol. The normalized spacial score (nSPS) is 11.4. The van der Waals surface area contributed by atoms with E-state index in [0.717, 1.165) is 12.1 Å². The van der Waals surface area contributed by atoms with Gasteiger partial charge in [-0.15, -0.1) is 0 Å². The lowest BCUT2D eigenvalue weighted by Gasteiger charge is -2.08. The fraction of sp³-hybridized carbons (Fsp3) is 0.143. The second-order valence-corrected chi connectivity index (χ2v) is 4.33. The van der Waals surface area contributed by atoms with Crippen molar-refractivity contribution < 1.29 is 18.1 Å². The first-order chi connectivity index (χ1) is 9.29. The molecule has 0 spiro atoms. The number of hydrogen-bond donors (Lipinski definition) is 0. The van der Waals surface area contributed by atoms with Crippen molar-refractivity contribution in [2.24, 2.45) is 0 Å². The molecule has 0 amide bonds. The van der Waals surface area contributed by atoms with E-state index in [1.54, 1.807) is 19.1 Å². The fourth-order valence-corrected chi connectivity index (χ4v) is 1.84. The van der Waals surface area contributed by atoms with Crippen LogP contribution in [0.3, 0.4) is 0 Å². The van der Waals surface area contributed by atoms with E-state index in [1.165, 1.54) is 18.2 Å². The third-order valence-corrected chi connectivity index (χ3v) is 2.95. The van der Waals surface area contributed by atoms with Crippen LogP contribution in [-0.2, 0) is 6.18 Å². The molecule has 3 nitrogen and oxygen atoms in total. The van der Waals surface area contributed by atoms with Crippen molar-refractivity contribution in [3.63, 3.8) is 0 Å². The number of nitrogens with zero attached hydrogens (tertiary/aromatic N) is 1. The van der Waals surface area contributed by atoms with Gasteiger partial charge in [-0.3, -0.25) is 10.1 Å². The van der Waals surface area contributed by atoms with Crippen LogP contribution in [0.5, 0.6) is 0 Å². The third-order valence-electron chi connectivity index (χ3n) is 2.95. The summed E-state index contributed by atoms with van der Waals surface area (Å²) in [6.07, 6.45) is -4.39. The molecule has 0 fully saturated rings. The monoisotopic (exact) mass is 281 g/mol. The molecule has 2 aromatic carbocycles. The third kappa shape index (κ3) is 2.79. The van der Waals surface area contributed by atoms with E-state index in [0.29, 0.717) is 16.7 Å². The number of nitro benzene ring substituents is 1. The lowest BCUT2D eigenvalue weighted by molar-refractivity contribution is -0.385. The molecule has 2 aromatic rings. The minimum absolute atomic E-state index is 0.0533. The molecule has 0 aliphatic heterocycles. The van der Waals surface area contributed by atoms with E-state index in [2.05, 4.69) is 0 Å². The van der Waals surface area contributed by atoms with Crippen molar-refractivity contribution in [3.05, 3.63) is 63.7 Å². The van der Waals surface area contributed by atoms with Crippen molar-refractivity contribution >= 4 is 5.69 Å². The molecule has 0 saturated carbocycles. The van der Waals surface area contributed by atoms with Gasteiger partial charge in [0.1, 0.15) is 0 Å². The van der Waals surface area contributed by atoms with Crippen LogP contribution in [0.1, 0.15) is 11.1 Å². The smallest absolute Gasteiger partial charge is 0.258 e. The van der Waals surface area contributed by atoms with Gasteiger partial charge in [-0.1, -0.05) is 24.3 Å². The van der Waals surface area contributed by atoms with Gasteiger partial charge in [-0.2, -0.15) is 13.2 Å². The molecular formula is C14H10F3NO2. The molecule has 0 heterocycles. The Bertz CT molecular complexity index is 648. The van der Waals surface area contributed by atoms with Gasteiger partial charge >= 0.3 is 6.18 Å². The highest BCUT2D eigenvalue weighted by molar-refractivity contribution is 5.67. The first kappa shape index (κ1) is 14.0. The zero-order valence-corrected chi connectivity index (χ0v) is 10.4. The summed E-state index contributed by atoms with van der Waals surface area (Å²) >= 11 is 0. The minimum Gasteiger partial charge on any atom is -0.258 e. The Morgan fingerprint density at radius 2 is 1.55 bits per heavy atom. The second-order valence-electron chi connectivity index (χ2n) is 4.33. The maximum Gasteiger partial charge on any atom is 0.416 e. The molecule has 6 heteroatoms. The number of rotatable bonds is 2. The van der Waals surface area contributed by atoms with Crippen LogP contribution in [0.15, 0.2) is 42.5 Å². The molecule has 0 aliphatic rings. The lowest BCUT2D eigenvalue weighted by Crippen LogP contribution is -2.04. The molecule has 0 aromatic heterocycles. The average Bonchev–Trinajstić information content (AvgIpc) is 2.38. The Kier molecular flexibility index (Phi) is 3.48. The first-order valence-electron chi connectivity index (χ1n) is 5.72. The maximum atomic E-state index is 12.5. The maximum absolute atomic E-state index is 12.5. The van der Waals surface area contributed by atoms with Gasteiger partial charge in [0, 0.05) is 11.6 Å². The molecule has 0 radical (unpaired) electrons. The van der Waals surface area contributed by atoms with Gasteiger partial charge in [0.15, 0.2) is 0 Å². The first-order valence-corrected chi connectivity index (χ1v) is 5.72. The number of alkyl halides is 3. The van der Waals surface area contributed by atoms with E-state index < -0.39 is 16.7 Å². The number of benzene rings is 2. The molecule has 20 heavy (non-hydrogen) atoms. The zero-order valence-electron chi connectivity index (χ0n) is 10.4. The van der Waals surface area contributed by atoms with Crippen molar-refractivity contribution in [2.45, 2.75) is 13.1 Å². The Labute approximate surface area is 112 Å². The summed E-state index contributed by atoms with van der Waals surface area (Å²) in [6.45, 7) is 1.61. The fourth-order valence-electron chi connectivity index (χ4n) is 1.84. The highest BCUT2D eigenvalue weighted by Crippen LogP contribution is 2.32. The van der Waals surface area contributed by atoms with E-state index >= 15 is 0 Å². The molecule has 0 saturated heterocycles. The molecular weight excluding hydrogens is 271 g/mol. The van der Waals surface area contributed by atoms with Gasteiger partial charge < -0.3 is 0 Å². The largest absolute Gasteiger partial charge is 0.416 e. The Morgan fingerprint density at radius 3 is 2.05 bits per heavy atom. The quantitative estimate of drug-likeness (QED) is 0.597. The van der Waals surface area contributed by atoms with E-state index in [9.17, 15) is 23.3 Å². The average molecular weight is 281 g/mol. The van der Waals surface area contributed by atoms with Crippen LogP contribution in [-0.4, -0.2) is 4.92 Å². The number of nitro groups is 1. The SMILES string of the molecule is Cc1ccc(-c2ccc(C(F)(F)F)cc2)cc1[N+](=O)[O-]. The van der Waals surface area contributed by atoms with Crippen LogP contribution < -0.4 is 0 Å². The van der Waals surface area contributed by atoms with Gasteiger partial charge in [-0.05, 0) is 30.2 Å². The van der Waals surface area contributed by atoms with Gasteiger partial charge in [-0.25, -0.2) is 0 Å². The summed E-state index contributed by atoms with van der Waals surface area (Å²) in [6, 6.07) is 9.10. The van der Waals surface area contributed by atoms with E-state index in [1.807, 2.05) is 0 Å². The van der Waals surface area contributed by atoms with Crippen LogP contribution in [0.25, 0.3) is 11.1 Å². The van der Waals surface area contributed by atoms with Gasteiger partial charge in [0.2, 0.25) is 0 Å². The zero-order chi connectivity index (χ0) is 14.9. The predicted octanol–water partition coefficient (Wildman–Crippen LogP) is 4.59. The Hall–Kier alpha value is -2.37. The highest BCUT2D eigenvalue weighted by Gasteiger charge is 2.30. The van der Waals surface area contributed by atoms with Crippen LogP contribution in [0.4, 0.5) is 18.9 Å². The van der Waals surface area contributed by atoms with Crippen LogP contribution in [0.2, 0.25) is 0 Å². The summed E-state index contributed by atoms with van der Waals surface area (Å²) in [4.78, 5) is 10.3. The molecule has 104 valence electrons. The molecule has 0 unspecified atom stereocenters. The second kappa shape index (κ2) is 4.96. The molecule has 0 bridgehead atoms. The molecule has 2 rings (SSSR count). The van der Waals surface area contributed by atoms with Gasteiger partial charge in [0.25, 0.3) is 5.69 Å². The summed E-state index contributed by atoms with van der Waals surface area (Å²) in [5, 5.41) is 10.8. The minimum atomic E-state index is -4.39. The summed E-state index contributed by atoms with van der Waals surface area (Å²) < 4.78 is 37.4. The molecule has 0 aliphatic carbocycles.